The number of benzene rings is 2. The Balaban J connectivity index is 1.61. The van der Waals surface area contributed by atoms with Crippen LogP contribution in [-0.4, -0.2) is 45.3 Å². The third-order valence-electron chi connectivity index (χ3n) is 5.20. The second-order valence-electron chi connectivity index (χ2n) is 7.38. The Morgan fingerprint density at radius 1 is 1.06 bits per heavy atom. The molecule has 0 atom stereocenters. The minimum absolute atomic E-state index is 0.152. The maximum Gasteiger partial charge on any atom is 0.319 e. The summed E-state index contributed by atoms with van der Waals surface area (Å²) < 4.78 is 36.8. The fourth-order valence-electron chi connectivity index (χ4n) is 3.58. The van der Waals surface area contributed by atoms with Gasteiger partial charge >= 0.3 is 6.03 Å². The Bertz CT molecular complexity index is 1040. The van der Waals surface area contributed by atoms with Crippen molar-refractivity contribution in [3.63, 3.8) is 0 Å². The van der Waals surface area contributed by atoms with Gasteiger partial charge in [-0.2, -0.15) is 4.31 Å². The van der Waals surface area contributed by atoms with Gasteiger partial charge in [-0.1, -0.05) is 19.1 Å². The standard InChI is InChI=1S/C22H29N3O5S/c1-4-11-31(27,28)25-10-9-17-6-7-19(13-18(17)15-25)24-22(26)23-14-16-5-8-20(29-2)21(12-16)30-3/h5-8,12-13H,4,9-11,14-15H2,1-3H3,(H2,23,24,26). The predicted octanol–water partition coefficient (Wildman–Crippen LogP) is 3.12. The molecule has 168 valence electrons. The molecule has 0 radical (unpaired) electrons. The first-order valence-electron chi connectivity index (χ1n) is 10.2. The van der Waals surface area contributed by atoms with Gasteiger partial charge in [0.25, 0.3) is 0 Å². The largest absolute Gasteiger partial charge is 0.493 e. The van der Waals surface area contributed by atoms with Crippen LogP contribution in [0, 0.1) is 0 Å². The minimum atomic E-state index is -3.25. The summed E-state index contributed by atoms with van der Waals surface area (Å²) in [5, 5.41) is 5.63. The number of anilines is 1. The maximum absolute atomic E-state index is 12.4. The predicted molar refractivity (Wildman–Crippen MR) is 120 cm³/mol. The molecule has 0 aliphatic carbocycles. The van der Waals surface area contributed by atoms with Gasteiger partial charge in [0.1, 0.15) is 0 Å². The van der Waals surface area contributed by atoms with E-state index in [0.29, 0.717) is 49.7 Å². The number of nitrogens with one attached hydrogen (secondary N) is 2. The Morgan fingerprint density at radius 3 is 2.55 bits per heavy atom. The zero-order valence-electron chi connectivity index (χ0n) is 18.1. The zero-order chi connectivity index (χ0) is 22.4. The van der Waals surface area contributed by atoms with E-state index in [4.69, 9.17) is 9.47 Å². The van der Waals surface area contributed by atoms with Gasteiger partial charge in [-0.3, -0.25) is 0 Å². The first-order chi connectivity index (χ1) is 14.9. The van der Waals surface area contributed by atoms with Crippen molar-refractivity contribution in [2.75, 3.05) is 31.8 Å². The van der Waals surface area contributed by atoms with Crippen LogP contribution in [0.2, 0.25) is 0 Å². The van der Waals surface area contributed by atoms with E-state index in [-0.39, 0.29) is 11.8 Å². The molecule has 0 bridgehead atoms. The molecule has 0 unspecified atom stereocenters. The van der Waals surface area contributed by atoms with Crippen LogP contribution in [0.15, 0.2) is 36.4 Å². The lowest BCUT2D eigenvalue weighted by Crippen LogP contribution is -2.37. The van der Waals surface area contributed by atoms with Gasteiger partial charge < -0.3 is 20.1 Å². The highest BCUT2D eigenvalue weighted by atomic mass is 32.2. The lowest BCUT2D eigenvalue weighted by molar-refractivity contribution is 0.251. The highest BCUT2D eigenvalue weighted by Gasteiger charge is 2.26. The molecule has 2 amide bonds. The Kier molecular flexibility index (Phi) is 7.40. The summed E-state index contributed by atoms with van der Waals surface area (Å²) in [6.45, 7) is 3.01. The van der Waals surface area contributed by atoms with Crippen LogP contribution >= 0.6 is 0 Å². The van der Waals surface area contributed by atoms with Crippen LogP contribution in [0.5, 0.6) is 11.5 Å². The van der Waals surface area contributed by atoms with E-state index >= 15 is 0 Å². The highest BCUT2D eigenvalue weighted by molar-refractivity contribution is 7.89. The number of fused-ring (bicyclic) bond motifs is 1. The summed E-state index contributed by atoms with van der Waals surface area (Å²) >= 11 is 0. The van der Waals surface area contributed by atoms with Crippen molar-refractivity contribution in [2.45, 2.75) is 32.9 Å². The Morgan fingerprint density at radius 2 is 1.84 bits per heavy atom. The average Bonchev–Trinajstić information content (AvgIpc) is 2.76. The molecule has 0 fully saturated rings. The number of sulfonamides is 1. The molecule has 8 nitrogen and oxygen atoms in total. The van der Waals surface area contributed by atoms with Crippen molar-refractivity contribution in [3.8, 4) is 11.5 Å². The molecule has 3 rings (SSSR count). The summed E-state index contributed by atoms with van der Waals surface area (Å²) in [4.78, 5) is 12.4. The quantitative estimate of drug-likeness (QED) is 0.648. The Hall–Kier alpha value is -2.78. The van der Waals surface area contributed by atoms with Crippen molar-refractivity contribution < 1.29 is 22.7 Å². The lowest BCUT2D eigenvalue weighted by atomic mass is 10.0. The number of carbonyl (C=O) groups excluding carboxylic acids is 1. The van der Waals surface area contributed by atoms with Gasteiger partial charge in [-0.05, 0) is 53.8 Å². The number of rotatable bonds is 8. The summed E-state index contributed by atoms with van der Waals surface area (Å²) in [6.07, 6.45) is 1.26. The number of urea groups is 1. The highest BCUT2D eigenvalue weighted by Crippen LogP contribution is 2.27. The maximum atomic E-state index is 12.4. The van der Waals surface area contributed by atoms with Gasteiger partial charge in [0.15, 0.2) is 11.5 Å². The number of methoxy groups -OCH3 is 2. The van der Waals surface area contributed by atoms with Crippen LogP contribution < -0.4 is 20.1 Å². The fraction of sp³-hybridized carbons (Fsp3) is 0.409. The second kappa shape index (κ2) is 10.0. The van der Waals surface area contributed by atoms with Crippen LogP contribution in [0.4, 0.5) is 10.5 Å². The van der Waals surface area contributed by atoms with Crippen LogP contribution in [0.25, 0.3) is 0 Å². The first-order valence-corrected chi connectivity index (χ1v) is 11.8. The monoisotopic (exact) mass is 447 g/mol. The van der Waals surface area contributed by atoms with Crippen LogP contribution in [-0.2, 0) is 29.5 Å². The summed E-state index contributed by atoms with van der Waals surface area (Å²) in [5.74, 6) is 1.37. The van der Waals surface area contributed by atoms with Gasteiger partial charge in [-0.15, -0.1) is 0 Å². The molecular formula is C22H29N3O5S. The van der Waals surface area contributed by atoms with E-state index in [1.807, 2.05) is 37.3 Å². The van der Waals surface area contributed by atoms with E-state index in [1.54, 1.807) is 20.3 Å². The molecule has 9 heteroatoms. The van der Waals surface area contributed by atoms with Gasteiger partial charge in [-0.25, -0.2) is 13.2 Å². The number of carbonyl (C=O) groups is 1. The Labute approximate surface area is 183 Å². The molecule has 0 saturated heterocycles. The smallest absolute Gasteiger partial charge is 0.319 e. The number of hydrogen-bond acceptors (Lipinski definition) is 5. The third-order valence-corrected chi connectivity index (χ3v) is 7.22. The second-order valence-corrected chi connectivity index (χ2v) is 9.47. The molecule has 31 heavy (non-hydrogen) atoms. The molecule has 2 aromatic carbocycles. The average molecular weight is 448 g/mol. The van der Waals surface area contributed by atoms with E-state index in [0.717, 1.165) is 16.7 Å². The van der Waals surface area contributed by atoms with E-state index in [1.165, 1.54) is 4.31 Å². The normalized spacial score (nSPS) is 13.9. The fourth-order valence-corrected chi connectivity index (χ4v) is 5.06. The molecule has 0 aromatic heterocycles. The minimum Gasteiger partial charge on any atom is -0.493 e. The number of ether oxygens (including phenoxy) is 2. The SMILES string of the molecule is CCCS(=O)(=O)N1CCc2ccc(NC(=O)NCc3ccc(OC)c(OC)c3)cc2C1. The summed E-state index contributed by atoms with van der Waals surface area (Å²) in [6, 6.07) is 10.7. The van der Waals surface area contributed by atoms with E-state index < -0.39 is 10.0 Å². The molecule has 1 aliphatic rings. The molecule has 1 aliphatic heterocycles. The lowest BCUT2D eigenvalue weighted by Gasteiger charge is -2.28. The van der Waals surface area contributed by atoms with Gasteiger partial charge in [0, 0.05) is 25.3 Å². The zero-order valence-corrected chi connectivity index (χ0v) is 18.9. The summed E-state index contributed by atoms with van der Waals surface area (Å²) in [7, 11) is -0.116. The molecule has 0 spiro atoms. The van der Waals surface area contributed by atoms with Crippen LogP contribution in [0.1, 0.15) is 30.0 Å². The van der Waals surface area contributed by atoms with Gasteiger partial charge in [0.2, 0.25) is 10.0 Å². The topological polar surface area (TPSA) is 97.0 Å². The van der Waals surface area contributed by atoms with Crippen molar-refractivity contribution in [1.82, 2.24) is 9.62 Å². The third kappa shape index (κ3) is 5.68. The van der Waals surface area contributed by atoms with Crippen molar-refractivity contribution in [3.05, 3.63) is 53.1 Å². The number of hydrogen-bond donors (Lipinski definition) is 2. The molecule has 1 heterocycles. The molecule has 2 aromatic rings. The molecule has 2 N–H and O–H groups in total. The first kappa shape index (κ1) is 22.9. The molecular weight excluding hydrogens is 418 g/mol. The van der Waals surface area contributed by atoms with E-state index in [2.05, 4.69) is 10.6 Å². The van der Waals surface area contributed by atoms with E-state index in [9.17, 15) is 13.2 Å². The van der Waals surface area contributed by atoms with Crippen molar-refractivity contribution in [1.29, 1.82) is 0 Å². The van der Waals surface area contributed by atoms with Crippen molar-refractivity contribution in [2.24, 2.45) is 0 Å². The molecule has 0 saturated carbocycles. The number of nitrogens with zero attached hydrogens (tertiary/aromatic N) is 1. The van der Waals surface area contributed by atoms with Gasteiger partial charge in [0.05, 0.1) is 20.0 Å². The van der Waals surface area contributed by atoms with Crippen LogP contribution in [0.3, 0.4) is 0 Å². The van der Waals surface area contributed by atoms with Crippen molar-refractivity contribution >= 4 is 21.7 Å². The summed E-state index contributed by atoms with van der Waals surface area (Å²) in [5.41, 5.74) is 3.52. The number of amides is 2.